The number of esters is 1. The Hall–Kier alpha value is -2.84. The molecule has 0 aliphatic carbocycles. The molecule has 9 heteroatoms. The van der Waals surface area contributed by atoms with E-state index in [0.29, 0.717) is 16.9 Å². The number of non-ortho nitro benzene ring substituents is 1. The van der Waals surface area contributed by atoms with Crippen LogP contribution in [0.1, 0.15) is 21.5 Å². The van der Waals surface area contributed by atoms with E-state index in [4.69, 9.17) is 25.8 Å². The van der Waals surface area contributed by atoms with Gasteiger partial charge in [-0.05, 0) is 18.2 Å². The van der Waals surface area contributed by atoms with Crippen LogP contribution in [0.4, 0.5) is 5.69 Å². The van der Waals surface area contributed by atoms with E-state index in [1.54, 1.807) is 0 Å². The number of aromatic hydroxyl groups is 1. The number of ether oxygens (including phenoxy) is 3. The molecule has 1 N–H and O–H groups in total. The fourth-order valence-corrected chi connectivity index (χ4v) is 2.56. The fourth-order valence-electron chi connectivity index (χ4n) is 2.39. The average Bonchev–Trinajstić information content (AvgIpc) is 2.59. The summed E-state index contributed by atoms with van der Waals surface area (Å²) in [5.74, 6) is -0.713. The van der Waals surface area contributed by atoms with Crippen molar-refractivity contribution in [1.82, 2.24) is 0 Å². The van der Waals surface area contributed by atoms with Crippen molar-refractivity contribution in [2.24, 2.45) is 0 Å². The van der Waals surface area contributed by atoms with Crippen molar-refractivity contribution in [2.45, 2.75) is 13.2 Å². The van der Waals surface area contributed by atoms with Crippen LogP contribution in [0.5, 0.6) is 11.5 Å². The van der Waals surface area contributed by atoms with Gasteiger partial charge < -0.3 is 19.3 Å². The molecule has 0 aromatic heterocycles. The molecule has 8 nitrogen and oxygen atoms in total. The highest BCUT2D eigenvalue weighted by atomic mass is 35.5. The standard InChI is InChI=1S/C16H12ClNO7/c17-11-1-2-13(14(19)5-11)16(20)24-7-10-4-12(18(21)22)3-9-6-23-8-25-15(9)10/h1-5,19H,6-8H2. The Morgan fingerprint density at radius 2 is 2.16 bits per heavy atom. The van der Waals surface area contributed by atoms with Gasteiger partial charge in [0.15, 0.2) is 6.79 Å². The molecule has 130 valence electrons. The number of nitrogens with zero attached hydrogens (tertiary/aromatic N) is 1. The van der Waals surface area contributed by atoms with Gasteiger partial charge in [-0.2, -0.15) is 0 Å². The third-order valence-corrected chi connectivity index (χ3v) is 3.76. The normalized spacial score (nSPS) is 12.8. The number of nitro benzene ring substituents is 1. The maximum Gasteiger partial charge on any atom is 0.342 e. The zero-order valence-corrected chi connectivity index (χ0v) is 13.5. The van der Waals surface area contributed by atoms with Crippen LogP contribution < -0.4 is 4.74 Å². The fraction of sp³-hybridized carbons (Fsp3) is 0.188. The Morgan fingerprint density at radius 1 is 1.36 bits per heavy atom. The predicted molar refractivity (Wildman–Crippen MR) is 85.6 cm³/mol. The lowest BCUT2D eigenvalue weighted by Gasteiger charge is -2.20. The number of benzene rings is 2. The van der Waals surface area contributed by atoms with E-state index in [-0.39, 0.29) is 42.0 Å². The first kappa shape index (κ1) is 17.0. The van der Waals surface area contributed by atoms with Crippen molar-refractivity contribution in [2.75, 3.05) is 6.79 Å². The summed E-state index contributed by atoms with van der Waals surface area (Å²) in [7, 11) is 0. The first-order valence-corrected chi connectivity index (χ1v) is 7.50. The minimum Gasteiger partial charge on any atom is -0.507 e. The van der Waals surface area contributed by atoms with Gasteiger partial charge in [-0.15, -0.1) is 0 Å². The number of hydrogen-bond donors (Lipinski definition) is 1. The van der Waals surface area contributed by atoms with Gasteiger partial charge in [0.2, 0.25) is 0 Å². The van der Waals surface area contributed by atoms with Crippen molar-refractivity contribution < 1.29 is 29.0 Å². The van der Waals surface area contributed by atoms with Gasteiger partial charge in [0.1, 0.15) is 23.7 Å². The molecule has 25 heavy (non-hydrogen) atoms. The molecule has 0 bridgehead atoms. The van der Waals surface area contributed by atoms with Crippen molar-refractivity contribution >= 4 is 23.3 Å². The molecule has 0 fully saturated rings. The van der Waals surface area contributed by atoms with Gasteiger partial charge in [0.25, 0.3) is 5.69 Å². The molecule has 2 aromatic carbocycles. The largest absolute Gasteiger partial charge is 0.507 e. The topological polar surface area (TPSA) is 108 Å². The van der Waals surface area contributed by atoms with Crippen molar-refractivity contribution in [3.8, 4) is 11.5 Å². The summed E-state index contributed by atoms with van der Waals surface area (Å²) >= 11 is 5.72. The van der Waals surface area contributed by atoms with Gasteiger partial charge >= 0.3 is 5.97 Å². The SMILES string of the molecule is O=C(OCc1cc([N+](=O)[O-])cc2c1OCOC2)c1ccc(Cl)cc1O. The van der Waals surface area contributed by atoms with Gasteiger partial charge in [-0.25, -0.2) is 4.79 Å². The number of carbonyl (C=O) groups is 1. The molecular formula is C16H12ClNO7. The number of phenols is 1. The predicted octanol–water partition coefficient (Wildman–Crippen LogP) is 3.18. The molecule has 0 radical (unpaired) electrons. The Kier molecular flexibility index (Phi) is 4.73. The number of phenolic OH excluding ortho intramolecular Hbond substituents is 1. The number of carbonyl (C=O) groups excluding carboxylic acids is 1. The van der Waals surface area contributed by atoms with Crippen LogP contribution in [0.2, 0.25) is 5.02 Å². The van der Waals surface area contributed by atoms with E-state index < -0.39 is 10.9 Å². The molecule has 0 amide bonds. The number of halogens is 1. The Labute approximate surface area is 146 Å². The minimum atomic E-state index is -0.790. The lowest BCUT2D eigenvalue weighted by Crippen LogP contribution is -2.15. The quantitative estimate of drug-likeness (QED) is 0.503. The van der Waals surface area contributed by atoms with E-state index in [0.717, 1.165) is 0 Å². The molecular weight excluding hydrogens is 354 g/mol. The zero-order chi connectivity index (χ0) is 18.0. The Bertz CT molecular complexity index is 853. The van der Waals surface area contributed by atoms with Crippen LogP contribution in [0, 0.1) is 10.1 Å². The van der Waals surface area contributed by atoms with E-state index in [1.165, 1.54) is 30.3 Å². The first-order chi connectivity index (χ1) is 12.0. The smallest absolute Gasteiger partial charge is 0.342 e. The van der Waals surface area contributed by atoms with Crippen molar-refractivity contribution in [3.63, 3.8) is 0 Å². The van der Waals surface area contributed by atoms with Crippen LogP contribution in [-0.2, 0) is 22.7 Å². The van der Waals surface area contributed by atoms with Crippen LogP contribution in [-0.4, -0.2) is 22.8 Å². The molecule has 0 unspecified atom stereocenters. The summed E-state index contributed by atoms with van der Waals surface area (Å²) in [5.41, 5.74) is 0.622. The third kappa shape index (κ3) is 3.65. The molecule has 1 aliphatic rings. The lowest BCUT2D eigenvalue weighted by atomic mass is 10.1. The van der Waals surface area contributed by atoms with Crippen LogP contribution >= 0.6 is 11.6 Å². The number of fused-ring (bicyclic) bond motifs is 1. The maximum absolute atomic E-state index is 12.1. The summed E-state index contributed by atoms with van der Waals surface area (Å²) < 4.78 is 15.6. The highest BCUT2D eigenvalue weighted by molar-refractivity contribution is 6.30. The Balaban J connectivity index is 1.83. The summed E-state index contributed by atoms with van der Waals surface area (Å²) in [6.45, 7) is -0.0927. The van der Waals surface area contributed by atoms with E-state index in [2.05, 4.69) is 0 Å². The molecule has 0 atom stereocenters. The van der Waals surface area contributed by atoms with Gasteiger partial charge in [0, 0.05) is 28.3 Å². The first-order valence-electron chi connectivity index (χ1n) is 7.12. The van der Waals surface area contributed by atoms with Crippen LogP contribution in [0.3, 0.4) is 0 Å². The Morgan fingerprint density at radius 3 is 2.88 bits per heavy atom. The minimum absolute atomic E-state index is 0.00370. The van der Waals surface area contributed by atoms with E-state index >= 15 is 0 Å². The second-order valence-electron chi connectivity index (χ2n) is 5.20. The molecule has 0 saturated heterocycles. The number of nitro groups is 1. The highest BCUT2D eigenvalue weighted by Gasteiger charge is 2.22. The average molecular weight is 366 g/mol. The van der Waals surface area contributed by atoms with Crippen LogP contribution in [0.25, 0.3) is 0 Å². The van der Waals surface area contributed by atoms with Gasteiger partial charge in [0.05, 0.1) is 11.5 Å². The zero-order valence-electron chi connectivity index (χ0n) is 12.7. The molecule has 1 heterocycles. The summed E-state index contributed by atoms with van der Waals surface area (Å²) in [5, 5.41) is 21.1. The van der Waals surface area contributed by atoms with E-state index in [1.807, 2.05) is 0 Å². The molecule has 1 aliphatic heterocycles. The van der Waals surface area contributed by atoms with Crippen molar-refractivity contribution in [3.05, 3.63) is 62.2 Å². The molecule has 2 aromatic rings. The summed E-state index contributed by atoms with van der Waals surface area (Å²) in [4.78, 5) is 22.6. The number of rotatable bonds is 4. The second kappa shape index (κ2) is 6.96. The molecule has 3 rings (SSSR count). The third-order valence-electron chi connectivity index (χ3n) is 3.52. The van der Waals surface area contributed by atoms with Crippen molar-refractivity contribution in [1.29, 1.82) is 0 Å². The van der Waals surface area contributed by atoms with Gasteiger partial charge in [-0.3, -0.25) is 10.1 Å². The van der Waals surface area contributed by atoms with Gasteiger partial charge in [-0.1, -0.05) is 11.6 Å². The molecule has 0 saturated carbocycles. The molecule has 0 spiro atoms. The van der Waals surface area contributed by atoms with E-state index in [9.17, 15) is 20.0 Å². The maximum atomic E-state index is 12.1. The monoisotopic (exact) mass is 365 g/mol. The lowest BCUT2D eigenvalue weighted by molar-refractivity contribution is -0.385. The second-order valence-corrected chi connectivity index (χ2v) is 5.63. The summed E-state index contributed by atoms with van der Waals surface area (Å²) in [6, 6.07) is 6.61. The number of hydrogen-bond acceptors (Lipinski definition) is 7. The van der Waals surface area contributed by atoms with Crippen LogP contribution in [0.15, 0.2) is 30.3 Å². The summed E-state index contributed by atoms with van der Waals surface area (Å²) in [6.07, 6.45) is 0. The highest BCUT2D eigenvalue weighted by Crippen LogP contribution is 2.33.